The standard InChI is InChI=1S/C13H13FN2O3/c14-11-8(2-1-5-15-11)12(17)16-7-3-4-10(16)9(6-7)13(18)19/h1-2,5,7,9-10H,3-4,6H2,(H,18,19). The lowest BCUT2D eigenvalue weighted by Crippen LogP contribution is -2.38. The van der Waals surface area contributed by atoms with Crippen LogP contribution >= 0.6 is 0 Å². The molecule has 3 rings (SSSR count). The van der Waals surface area contributed by atoms with Gasteiger partial charge in [0.05, 0.1) is 11.5 Å². The Morgan fingerprint density at radius 1 is 1.42 bits per heavy atom. The molecule has 1 N–H and O–H groups in total. The van der Waals surface area contributed by atoms with Crippen LogP contribution in [0.3, 0.4) is 0 Å². The van der Waals surface area contributed by atoms with Crippen molar-refractivity contribution in [1.29, 1.82) is 0 Å². The number of hydrogen-bond acceptors (Lipinski definition) is 3. The number of pyridine rings is 1. The maximum atomic E-state index is 13.5. The maximum absolute atomic E-state index is 13.5. The Labute approximate surface area is 109 Å². The third-order valence-electron chi connectivity index (χ3n) is 4.08. The Hall–Kier alpha value is -1.98. The van der Waals surface area contributed by atoms with Gasteiger partial charge >= 0.3 is 5.97 Å². The zero-order valence-corrected chi connectivity index (χ0v) is 10.1. The number of carbonyl (C=O) groups excluding carboxylic acids is 1. The number of rotatable bonds is 2. The number of carboxylic acids is 1. The Kier molecular flexibility index (Phi) is 2.73. The molecule has 0 spiro atoms. The summed E-state index contributed by atoms with van der Waals surface area (Å²) >= 11 is 0. The highest BCUT2D eigenvalue weighted by Crippen LogP contribution is 2.42. The van der Waals surface area contributed by atoms with Crippen LogP contribution in [-0.2, 0) is 4.79 Å². The number of fused-ring (bicyclic) bond motifs is 2. The van der Waals surface area contributed by atoms with Crippen LogP contribution in [0.15, 0.2) is 18.3 Å². The monoisotopic (exact) mass is 264 g/mol. The molecule has 100 valence electrons. The fourth-order valence-electron chi connectivity index (χ4n) is 3.26. The molecule has 1 aromatic heterocycles. The molecule has 3 unspecified atom stereocenters. The minimum atomic E-state index is -0.878. The van der Waals surface area contributed by atoms with Gasteiger partial charge in [0.2, 0.25) is 5.95 Å². The van der Waals surface area contributed by atoms with Crippen molar-refractivity contribution >= 4 is 11.9 Å². The Balaban J connectivity index is 1.90. The van der Waals surface area contributed by atoms with Crippen molar-refractivity contribution < 1.29 is 19.1 Å². The molecule has 19 heavy (non-hydrogen) atoms. The predicted molar refractivity (Wildman–Crippen MR) is 62.9 cm³/mol. The highest BCUT2D eigenvalue weighted by atomic mass is 19.1. The minimum absolute atomic E-state index is 0.0783. The van der Waals surface area contributed by atoms with Crippen molar-refractivity contribution in [2.75, 3.05) is 0 Å². The number of aromatic nitrogens is 1. The van der Waals surface area contributed by atoms with Crippen LogP contribution in [0.1, 0.15) is 29.6 Å². The topological polar surface area (TPSA) is 70.5 Å². The first-order valence-electron chi connectivity index (χ1n) is 6.25. The number of carbonyl (C=O) groups is 2. The van der Waals surface area contributed by atoms with Gasteiger partial charge in [-0.25, -0.2) is 4.98 Å². The van der Waals surface area contributed by atoms with Crippen molar-refractivity contribution in [2.45, 2.75) is 31.3 Å². The number of amides is 1. The average molecular weight is 264 g/mol. The second-order valence-electron chi connectivity index (χ2n) is 5.03. The number of hydrogen-bond donors (Lipinski definition) is 1. The normalized spacial score (nSPS) is 28.7. The van der Waals surface area contributed by atoms with Crippen molar-refractivity contribution in [3.05, 3.63) is 29.8 Å². The van der Waals surface area contributed by atoms with Crippen molar-refractivity contribution in [2.24, 2.45) is 5.92 Å². The van der Waals surface area contributed by atoms with Crippen LogP contribution in [0.4, 0.5) is 4.39 Å². The quantitative estimate of drug-likeness (QED) is 0.817. The molecule has 6 heteroatoms. The summed E-state index contributed by atoms with van der Waals surface area (Å²) in [4.78, 5) is 28.5. The lowest BCUT2D eigenvalue weighted by Gasteiger charge is -2.23. The molecule has 5 nitrogen and oxygen atoms in total. The highest BCUT2D eigenvalue weighted by Gasteiger charge is 2.51. The lowest BCUT2D eigenvalue weighted by molar-refractivity contribution is -0.142. The van der Waals surface area contributed by atoms with E-state index in [9.17, 15) is 14.0 Å². The van der Waals surface area contributed by atoms with Gasteiger partial charge in [-0.2, -0.15) is 4.39 Å². The van der Waals surface area contributed by atoms with E-state index in [4.69, 9.17) is 5.11 Å². The molecule has 3 atom stereocenters. The van der Waals surface area contributed by atoms with Gasteiger partial charge in [-0.15, -0.1) is 0 Å². The molecule has 2 saturated heterocycles. The molecule has 0 aromatic carbocycles. The fourth-order valence-corrected chi connectivity index (χ4v) is 3.26. The molecule has 0 aliphatic carbocycles. The van der Waals surface area contributed by atoms with E-state index in [0.29, 0.717) is 12.8 Å². The van der Waals surface area contributed by atoms with Crippen molar-refractivity contribution in [3.8, 4) is 0 Å². The zero-order valence-electron chi connectivity index (χ0n) is 10.1. The molecule has 2 aliphatic rings. The van der Waals surface area contributed by atoms with Crippen LogP contribution in [0.5, 0.6) is 0 Å². The smallest absolute Gasteiger partial charge is 0.308 e. The molecule has 0 saturated carbocycles. The van der Waals surface area contributed by atoms with Crippen LogP contribution < -0.4 is 0 Å². The molecule has 0 radical (unpaired) electrons. The number of nitrogens with zero attached hydrogens (tertiary/aromatic N) is 2. The van der Waals surface area contributed by atoms with E-state index in [1.807, 2.05) is 0 Å². The Morgan fingerprint density at radius 3 is 2.84 bits per heavy atom. The maximum Gasteiger partial charge on any atom is 0.308 e. The summed E-state index contributed by atoms with van der Waals surface area (Å²) in [5.41, 5.74) is -0.0783. The van der Waals surface area contributed by atoms with Gasteiger partial charge in [0.15, 0.2) is 0 Å². The van der Waals surface area contributed by atoms with E-state index in [0.717, 1.165) is 6.42 Å². The summed E-state index contributed by atoms with van der Waals surface area (Å²) in [6.45, 7) is 0. The summed E-state index contributed by atoms with van der Waals surface area (Å²) in [5, 5.41) is 9.14. The summed E-state index contributed by atoms with van der Waals surface area (Å²) in [6, 6.07) is 2.49. The highest BCUT2D eigenvalue weighted by molar-refractivity contribution is 5.95. The number of halogens is 1. The lowest BCUT2D eigenvalue weighted by atomic mass is 9.89. The van der Waals surface area contributed by atoms with Crippen LogP contribution in [-0.4, -0.2) is 39.0 Å². The summed E-state index contributed by atoms with van der Waals surface area (Å²) in [7, 11) is 0. The molecule has 3 heterocycles. The third-order valence-corrected chi connectivity index (χ3v) is 4.08. The molecule has 1 aromatic rings. The second-order valence-corrected chi connectivity index (χ2v) is 5.03. The van der Waals surface area contributed by atoms with Crippen LogP contribution in [0, 0.1) is 11.9 Å². The first-order valence-corrected chi connectivity index (χ1v) is 6.25. The molecule has 2 bridgehead atoms. The molecule has 2 fully saturated rings. The van der Waals surface area contributed by atoms with Gasteiger partial charge in [0, 0.05) is 18.3 Å². The van der Waals surface area contributed by atoms with E-state index in [-0.39, 0.29) is 17.6 Å². The minimum Gasteiger partial charge on any atom is -0.481 e. The van der Waals surface area contributed by atoms with E-state index >= 15 is 0 Å². The zero-order chi connectivity index (χ0) is 13.6. The van der Waals surface area contributed by atoms with Gasteiger partial charge in [-0.1, -0.05) is 0 Å². The summed E-state index contributed by atoms with van der Waals surface area (Å²) in [5.74, 6) is -2.65. The molecule has 2 aliphatic heterocycles. The summed E-state index contributed by atoms with van der Waals surface area (Å²) < 4.78 is 13.5. The predicted octanol–water partition coefficient (Wildman–Crippen LogP) is 1.30. The number of aliphatic carboxylic acids is 1. The Morgan fingerprint density at radius 2 is 2.21 bits per heavy atom. The van der Waals surface area contributed by atoms with Crippen molar-refractivity contribution in [1.82, 2.24) is 9.88 Å². The first-order chi connectivity index (χ1) is 9.09. The molecular formula is C13H13FN2O3. The van der Waals surface area contributed by atoms with Crippen LogP contribution in [0.25, 0.3) is 0 Å². The molecular weight excluding hydrogens is 251 g/mol. The first kappa shape index (κ1) is 12.1. The largest absolute Gasteiger partial charge is 0.481 e. The van der Waals surface area contributed by atoms with Gasteiger partial charge < -0.3 is 10.0 Å². The van der Waals surface area contributed by atoms with E-state index in [1.54, 1.807) is 4.90 Å². The Bertz CT molecular complexity index is 548. The second kappa shape index (κ2) is 4.29. The third kappa shape index (κ3) is 1.78. The fraction of sp³-hybridized carbons (Fsp3) is 0.462. The van der Waals surface area contributed by atoms with E-state index in [2.05, 4.69) is 4.98 Å². The van der Waals surface area contributed by atoms with E-state index in [1.165, 1.54) is 18.3 Å². The van der Waals surface area contributed by atoms with E-state index < -0.39 is 23.7 Å². The van der Waals surface area contributed by atoms with Gasteiger partial charge in [-0.3, -0.25) is 9.59 Å². The van der Waals surface area contributed by atoms with Crippen molar-refractivity contribution in [3.63, 3.8) is 0 Å². The SMILES string of the molecule is O=C(O)C1CC2CCC1N2C(=O)c1cccnc1F. The van der Waals surface area contributed by atoms with Gasteiger partial charge in [0.25, 0.3) is 5.91 Å². The molecule has 1 amide bonds. The summed E-state index contributed by atoms with van der Waals surface area (Å²) in [6.07, 6.45) is 3.22. The number of carboxylic acid groups (broad SMARTS) is 1. The van der Waals surface area contributed by atoms with Gasteiger partial charge in [-0.05, 0) is 31.4 Å². The van der Waals surface area contributed by atoms with Crippen LogP contribution in [0.2, 0.25) is 0 Å². The van der Waals surface area contributed by atoms with Gasteiger partial charge in [0.1, 0.15) is 0 Å². The average Bonchev–Trinajstić information content (AvgIpc) is 2.96.